The van der Waals surface area contributed by atoms with Gasteiger partial charge in [0.15, 0.2) is 0 Å². The summed E-state index contributed by atoms with van der Waals surface area (Å²) in [5.41, 5.74) is 2.02. The molecule has 4 rings (SSSR count). The number of amides is 1. The molecule has 30 heavy (non-hydrogen) atoms. The first-order valence-electron chi connectivity index (χ1n) is 10.1. The van der Waals surface area contributed by atoms with Gasteiger partial charge < -0.3 is 14.4 Å². The molecular weight excluding hydrogens is 385 g/mol. The van der Waals surface area contributed by atoms with Crippen LogP contribution < -0.4 is 4.74 Å². The fraction of sp³-hybridized carbons (Fsp3) is 0.391. The van der Waals surface area contributed by atoms with Gasteiger partial charge in [-0.1, -0.05) is 24.3 Å². The number of aromatic nitrogens is 2. The van der Waals surface area contributed by atoms with Crippen LogP contribution in [0.4, 0.5) is 9.18 Å². The number of ether oxygens (including phenoxy) is 2. The number of halogens is 1. The minimum Gasteiger partial charge on any atom is -0.459 e. The number of carbonyl (C=O) groups excluding carboxylic acids is 1. The largest absolute Gasteiger partial charge is 0.459 e. The number of imidazole rings is 1. The van der Waals surface area contributed by atoms with Crippen LogP contribution in [-0.4, -0.2) is 45.3 Å². The van der Waals surface area contributed by atoms with Crippen molar-refractivity contribution >= 4 is 17.1 Å². The summed E-state index contributed by atoms with van der Waals surface area (Å²) < 4.78 is 27.3. The maximum atomic E-state index is 13.7. The lowest BCUT2D eigenvalue weighted by molar-refractivity contribution is 0.0273. The highest BCUT2D eigenvalue weighted by atomic mass is 19.1. The van der Waals surface area contributed by atoms with E-state index in [2.05, 4.69) is 4.98 Å². The van der Waals surface area contributed by atoms with E-state index in [0.717, 1.165) is 16.6 Å². The van der Waals surface area contributed by atoms with Crippen LogP contribution >= 0.6 is 0 Å². The topological polar surface area (TPSA) is 56.6 Å². The molecule has 158 valence electrons. The van der Waals surface area contributed by atoms with Crippen molar-refractivity contribution in [1.82, 2.24) is 14.5 Å². The van der Waals surface area contributed by atoms with Gasteiger partial charge in [-0.05, 0) is 50.6 Å². The predicted molar refractivity (Wildman–Crippen MR) is 112 cm³/mol. The predicted octanol–water partition coefficient (Wildman–Crippen LogP) is 4.61. The van der Waals surface area contributed by atoms with E-state index in [0.29, 0.717) is 32.1 Å². The van der Waals surface area contributed by atoms with Crippen molar-refractivity contribution in [2.24, 2.45) is 0 Å². The fourth-order valence-electron chi connectivity index (χ4n) is 3.58. The van der Waals surface area contributed by atoms with Gasteiger partial charge in [0.1, 0.15) is 17.5 Å². The summed E-state index contributed by atoms with van der Waals surface area (Å²) in [6.07, 6.45) is 0.185. The smallest absolute Gasteiger partial charge is 0.410 e. The molecule has 0 radical (unpaired) electrons. The van der Waals surface area contributed by atoms with Gasteiger partial charge in [-0.25, -0.2) is 9.18 Å². The lowest BCUT2D eigenvalue weighted by Crippen LogP contribution is -2.36. The SMILES string of the molecule is CC(C)(C)OC(=O)N1CC[C@H](Oc2nc3ccccc3n2Cc2cccc(F)c2)C1. The Morgan fingerprint density at radius 1 is 1.20 bits per heavy atom. The lowest BCUT2D eigenvalue weighted by atomic mass is 10.2. The van der Waals surface area contributed by atoms with Gasteiger partial charge >= 0.3 is 6.09 Å². The van der Waals surface area contributed by atoms with E-state index in [1.165, 1.54) is 12.1 Å². The molecule has 0 saturated carbocycles. The molecule has 1 fully saturated rings. The molecule has 3 aromatic rings. The minimum absolute atomic E-state index is 0.180. The maximum absolute atomic E-state index is 13.7. The van der Waals surface area contributed by atoms with Crippen molar-refractivity contribution in [2.45, 2.75) is 45.4 Å². The second-order valence-corrected chi connectivity index (χ2v) is 8.55. The molecule has 1 amide bonds. The van der Waals surface area contributed by atoms with Gasteiger partial charge in [0.25, 0.3) is 6.01 Å². The number of carbonyl (C=O) groups is 1. The molecule has 1 aromatic heterocycles. The Bertz CT molecular complexity index is 1060. The molecule has 0 unspecified atom stereocenters. The van der Waals surface area contributed by atoms with Crippen LogP contribution in [0, 0.1) is 5.82 Å². The number of hydrogen-bond donors (Lipinski definition) is 0. The third-order valence-corrected chi connectivity index (χ3v) is 4.92. The zero-order valence-electron chi connectivity index (χ0n) is 17.5. The summed E-state index contributed by atoms with van der Waals surface area (Å²) >= 11 is 0. The summed E-state index contributed by atoms with van der Waals surface area (Å²) in [6.45, 7) is 7.01. The number of rotatable bonds is 4. The molecule has 2 aromatic carbocycles. The number of nitrogens with zero attached hydrogens (tertiary/aromatic N) is 3. The molecule has 0 N–H and O–H groups in total. The standard InChI is InChI=1S/C23H26FN3O3/c1-23(2,3)30-22(28)26-12-11-18(15-26)29-21-25-19-9-4-5-10-20(19)27(21)14-16-7-6-8-17(24)13-16/h4-10,13,18H,11-12,14-15H2,1-3H3/t18-/m0/s1. The highest BCUT2D eigenvalue weighted by molar-refractivity contribution is 5.76. The van der Waals surface area contributed by atoms with Gasteiger partial charge in [0.05, 0.1) is 24.1 Å². The average Bonchev–Trinajstić information content (AvgIpc) is 3.26. The van der Waals surface area contributed by atoms with Crippen molar-refractivity contribution in [1.29, 1.82) is 0 Å². The molecule has 0 bridgehead atoms. The molecule has 0 spiro atoms. The van der Waals surface area contributed by atoms with Crippen LogP contribution in [0.3, 0.4) is 0 Å². The normalized spacial score (nSPS) is 16.8. The molecule has 1 aliphatic heterocycles. The number of likely N-dealkylation sites (tertiary alicyclic amines) is 1. The van der Waals surface area contributed by atoms with E-state index in [1.54, 1.807) is 11.0 Å². The third-order valence-electron chi connectivity index (χ3n) is 4.92. The van der Waals surface area contributed by atoms with E-state index >= 15 is 0 Å². The molecule has 7 heteroatoms. The van der Waals surface area contributed by atoms with Crippen LogP contribution in [-0.2, 0) is 11.3 Å². The van der Waals surface area contributed by atoms with Crippen molar-refractivity contribution in [3.63, 3.8) is 0 Å². The average molecular weight is 411 g/mol. The summed E-state index contributed by atoms with van der Waals surface area (Å²) in [6, 6.07) is 14.7. The number of hydrogen-bond acceptors (Lipinski definition) is 4. The summed E-state index contributed by atoms with van der Waals surface area (Å²) in [4.78, 5) is 18.6. The van der Waals surface area contributed by atoms with Crippen LogP contribution in [0.5, 0.6) is 6.01 Å². The monoisotopic (exact) mass is 411 g/mol. The minimum atomic E-state index is -0.533. The van der Waals surface area contributed by atoms with Crippen LogP contribution in [0.25, 0.3) is 11.0 Å². The zero-order valence-corrected chi connectivity index (χ0v) is 17.5. The Hall–Kier alpha value is -3.09. The van der Waals surface area contributed by atoms with E-state index in [-0.39, 0.29) is 18.0 Å². The lowest BCUT2D eigenvalue weighted by Gasteiger charge is -2.24. The molecule has 2 heterocycles. The quantitative estimate of drug-likeness (QED) is 0.629. The maximum Gasteiger partial charge on any atom is 0.410 e. The van der Waals surface area contributed by atoms with E-state index in [1.807, 2.05) is 55.7 Å². The first kappa shape index (κ1) is 20.2. The summed E-state index contributed by atoms with van der Waals surface area (Å²) in [5.74, 6) is -0.275. The Morgan fingerprint density at radius 3 is 2.77 bits per heavy atom. The van der Waals surface area contributed by atoms with Crippen molar-refractivity contribution in [2.75, 3.05) is 13.1 Å². The van der Waals surface area contributed by atoms with E-state index in [9.17, 15) is 9.18 Å². The van der Waals surface area contributed by atoms with Crippen LogP contribution in [0.15, 0.2) is 48.5 Å². The van der Waals surface area contributed by atoms with E-state index < -0.39 is 5.60 Å². The summed E-state index contributed by atoms with van der Waals surface area (Å²) in [5, 5.41) is 0. The van der Waals surface area contributed by atoms with Crippen molar-refractivity contribution in [3.8, 4) is 6.01 Å². The van der Waals surface area contributed by atoms with Gasteiger partial charge in [0, 0.05) is 13.0 Å². The molecule has 6 nitrogen and oxygen atoms in total. The molecule has 1 aliphatic rings. The first-order chi connectivity index (χ1) is 14.3. The van der Waals surface area contributed by atoms with Gasteiger partial charge in [-0.3, -0.25) is 4.57 Å². The van der Waals surface area contributed by atoms with E-state index in [4.69, 9.17) is 9.47 Å². The van der Waals surface area contributed by atoms with Gasteiger partial charge in [-0.2, -0.15) is 4.98 Å². The molecule has 1 atom stereocenters. The van der Waals surface area contributed by atoms with Gasteiger partial charge in [0.2, 0.25) is 0 Å². The summed E-state index contributed by atoms with van der Waals surface area (Å²) in [7, 11) is 0. The number of para-hydroxylation sites is 2. The van der Waals surface area contributed by atoms with Crippen molar-refractivity contribution < 1.29 is 18.7 Å². The Morgan fingerprint density at radius 2 is 2.00 bits per heavy atom. The van der Waals surface area contributed by atoms with Crippen LogP contribution in [0.1, 0.15) is 32.8 Å². The number of benzene rings is 2. The molecule has 0 aliphatic carbocycles. The first-order valence-corrected chi connectivity index (χ1v) is 10.1. The molecular formula is C23H26FN3O3. The zero-order chi connectivity index (χ0) is 21.3. The highest BCUT2D eigenvalue weighted by Crippen LogP contribution is 2.26. The Labute approximate surface area is 175 Å². The second-order valence-electron chi connectivity index (χ2n) is 8.55. The van der Waals surface area contributed by atoms with Gasteiger partial charge in [-0.15, -0.1) is 0 Å². The third kappa shape index (κ3) is 4.56. The Balaban J connectivity index is 1.54. The van der Waals surface area contributed by atoms with Crippen LogP contribution in [0.2, 0.25) is 0 Å². The molecule has 1 saturated heterocycles. The fourth-order valence-corrected chi connectivity index (χ4v) is 3.58. The highest BCUT2D eigenvalue weighted by Gasteiger charge is 2.32. The number of fused-ring (bicyclic) bond motifs is 1. The van der Waals surface area contributed by atoms with Crippen molar-refractivity contribution in [3.05, 3.63) is 59.9 Å². The second kappa shape index (κ2) is 7.97. The Kier molecular flexibility index (Phi) is 5.37.